The second kappa shape index (κ2) is 10.6. The first kappa shape index (κ1) is 30.4. The molecule has 0 bridgehead atoms. The molecule has 3 aliphatic rings. The molecular formula is C32H36FN3O7. The van der Waals surface area contributed by atoms with E-state index in [4.69, 9.17) is 5.73 Å². The van der Waals surface area contributed by atoms with Crippen molar-refractivity contribution < 1.29 is 39.2 Å². The molecule has 0 aliphatic heterocycles. The summed E-state index contributed by atoms with van der Waals surface area (Å²) in [6.07, 6.45) is 0.117. The molecule has 0 aromatic heterocycles. The van der Waals surface area contributed by atoms with E-state index in [0.717, 1.165) is 0 Å². The quantitative estimate of drug-likeness (QED) is 0.317. The number of halogens is 1. The first-order valence-corrected chi connectivity index (χ1v) is 14.1. The van der Waals surface area contributed by atoms with Crippen LogP contribution >= 0.6 is 0 Å². The minimum absolute atomic E-state index is 0.0148. The number of aliphatic hydroxyl groups is 3. The van der Waals surface area contributed by atoms with Crippen LogP contribution in [0.25, 0.3) is 16.9 Å². The van der Waals surface area contributed by atoms with E-state index in [1.165, 1.54) is 17.0 Å². The Morgan fingerprint density at radius 1 is 1.12 bits per heavy atom. The molecule has 10 nitrogen and oxygen atoms in total. The van der Waals surface area contributed by atoms with Crippen LogP contribution in [-0.4, -0.2) is 86.5 Å². The summed E-state index contributed by atoms with van der Waals surface area (Å²) in [5.74, 6) is -7.44. The summed E-state index contributed by atoms with van der Waals surface area (Å²) in [5, 5.41) is 45.1. The first-order chi connectivity index (χ1) is 20.1. The number of likely N-dealkylation sites (N-methyl/N-ethyl adjacent to an activating group) is 1. The number of phenols is 1. The number of hydrogen-bond acceptors (Lipinski definition) is 9. The summed E-state index contributed by atoms with van der Waals surface area (Å²) in [6, 6.07) is 6.74. The van der Waals surface area contributed by atoms with Gasteiger partial charge in [-0.2, -0.15) is 0 Å². The summed E-state index contributed by atoms with van der Waals surface area (Å²) in [5.41, 5.74) is 3.81. The smallest absolute Gasteiger partial charge is 0.255 e. The zero-order valence-corrected chi connectivity index (χ0v) is 24.7. The lowest BCUT2D eigenvalue weighted by Crippen LogP contribution is -2.65. The number of nitrogens with zero attached hydrogens (tertiary/aromatic N) is 2. The van der Waals surface area contributed by atoms with Gasteiger partial charge in [0.2, 0.25) is 5.78 Å². The summed E-state index contributed by atoms with van der Waals surface area (Å²) >= 11 is 0. The number of aromatic hydroxyl groups is 1. The molecule has 0 radical (unpaired) electrons. The zero-order valence-electron chi connectivity index (χ0n) is 24.7. The maximum Gasteiger partial charge on any atom is 0.255 e. The minimum Gasteiger partial charge on any atom is -0.508 e. The van der Waals surface area contributed by atoms with E-state index in [-0.39, 0.29) is 41.6 Å². The van der Waals surface area contributed by atoms with Gasteiger partial charge in [0, 0.05) is 29.6 Å². The van der Waals surface area contributed by atoms with Gasteiger partial charge >= 0.3 is 0 Å². The molecule has 11 heteroatoms. The van der Waals surface area contributed by atoms with Crippen molar-refractivity contribution >= 4 is 23.2 Å². The number of hydrogen-bond donors (Lipinski definition) is 5. The van der Waals surface area contributed by atoms with Crippen LogP contribution in [0.5, 0.6) is 5.75 Å². The van der Waals surface area contributed by atoms with Gasteiger partial charge in [-0.1, -0.05) is 12.1 Å². The summed E-state index contributed by atoms with van der Waals surface area (Å²) < 4.78 is 14.8. The molecule has 1 amide bonds. The topological polar surface area (TPSA) is 165 Å². The van der Waals surface area contributed by atoms with E-state index in [1.807, 2.05) is 25.8 Å². The highest BCUT2D eigenvalue weighted by molar-refractivity contribution is 6.24. The molecule has 2 aromatic carbocycles. The van der Waals surface area contributed by atoms with Crippen LogP contribution < -0.4 is 5.73 Å². The monoisotopic (exact) mass is 593 g/mol. The summed E-state index contributed by atoms with van der Waals surface area (Å²) in [6.45, 7) is 4.36. The van der Waals surface area contributed by atoms with E-state index >= 15 is 0 Å². The van der Waals surface area contributed by atoms with Crippen molar-refractivity contribution in [2.75, 3.05) is 21.1 Å². The van der Waals surface area contributed by atoms with Crippen LogP contribution in [0.2, 0.25) is 0 Å². The van der Waals surface area contributed by atoms with Gasteiger partial charge in [0.1, 0.15) is 28.7 Å². The van der Waals surface area contributed by atoms with Crippen molar-refractivity contribution in [3.63, 3.8) is 0 Å². The van der Waals surface area contributed by atoms with Crippen LogP contribution in [0.15, 0.2) is 47.2 Å². The highest BCUT2D eigenvalue weighted by Gasteiger charge is 2.64. The number of nitrogens with two attached hydrogens (primary N) is 1. The Hall–Kier alpha value is -4.06. The Morgan fingerprint density at radius 2 is 1.79 bits per heavy atom. The molecule has 0 spiro atoms. The molecule has 5 rings (SSSR count). The fourth-order valence-electron chi connectivity index (χ4n) is 6.83. The number of aliphatic hydroxyl groups excluding tert-OH is 2. The maximum atomic E-state index is 14.8. The highest BCUT2D eigenvalue weighted by Crippen LogP contribution is 2.53. The van der Waals surface area contributed by atoms with Crippen LogP contribution in [0.4, 0.5) is 4.39 Å². The molecule has 3 aliphatic carbocycles. The molecule has 1 fully saturated rings. The van der Waals surface area contributed by atoms with Crippen LogP contribution in [0, 0.1) is 17.7 Å². The van der Waals surface area contributed by atoms with E-state index in [0.29, 0.717) is 28.8 Å². The number of Topliss-reactive ketones (excluding diaryl/α,β-unsaturated/α-hetero) is 2. The molecule has 228 valence electrons. The SMILES string of the molecule is CC(C)N(C)Cc1cc(-c2ccc(O)c3c2C[C@H]2C[C@H]4[C@H](N(C)C)C(=O)C(C(N)=O)=C(O)[C@@]4(O)C(=O)C2=C3O)ccc1F. The largest absolute Gasteiger partial charge is 0.508 e. The predicted octanol–water partition coefficient (Wildman–Crippen LogP) is 2.61. The Labute approximate surface area is 248 Å². The second-order valence-electron chi connectivity index (χ2n) is 12.3. The van der Waals surface area contributed by atoms with Crippen molar-refractivity contribution in [1.29, 1.82) is 0 Å². The molecule has 2 aromatic rings. The Bertz CT molecular complexity index is 1630. The number of benzene rings is 2. The van der Waals surface area contributed by atoms with Crippen molar-refractivity contribution in [3.05, 3.63) is 69.7 Å². The van der Waals surface area contributed by atoms with Gasteiger partial charge in [-0.05, 0) is 88.6 Å². The lowest BCUT2D eigenvalue weighted by molar-refractivity contribution is -0.153. The van der Waals surface area contributed by atoms with Crippen LogP contribution in [0.1, 0.15) is 37.0 Å². The summed E-state index contributed by atoms with van der Waals surface area (Å²) in [4.78, 5) is 42.9. The maximum absolute atomic E-state index is 14.8. The van der Waals surface area contributed by atoms with E-state index in [2.05, 4.69) is 0 Å². The molecule has 0 saturated heterocycles. The summed E-state index contributed by atoms with van der Waals surface area (Å²) in [7, 11) is 4.99. The van der Waals surface area contributed by atoms with Gasteiger partial charge < -0.3 is 26.2 Å². The van der Waals surface area contributed by atoms with Crippen molar-refractivity contribution in [2.45, 2.75) is 50.9 Å². The van der Waals surface area contributed by atoms with Gasteiger partial charge in [-0.15, -0.1) is 0 Å². The van der Waals surface area contributed by atoms with Gasteiger partial charge in [0.05, 0.1) is 11.6 Å². The molecule has 0 heterocycles. The third kappa shape index (κ3) is 4.54. The molecule has 43 heavy (non-hydrogen) atoms. The number of primary amides is 1. The standard InChI is InChI=1S/C32H36FN3O7/c1-14(2)36(5)13-17-10-15(6-8-21(17)33)18-7-9-22(37)24-19(18)11-16-12-20-26(35(3)4)28(39)25(31(34)42)30(41)32(20,43)29(40)23(16)27(24)38/h6-10,14,16,20,26,37-38,41,43H,11-13H2,1-5H3,(H2,34,42)/t16-,20-,26-,32-/m0/s1. The number of carbonyl (C=O) groups is 3. The first-order valence-electron chi connectivity index (χ1n) is 14.1. The van der Waals surface area contributed by atoms with Gasteiger partial charge in [-0.3, -0.25) is 24.2 Å². The van der Waals surface area contributed by atoms with Gasteiger partial charge in [0.15, 0.2) is 11.4 Å². The number of ketones is 2. The Kier molecular flexibility index (Phi) is 7.48. The number of fused-ring (bicyclic) bond motifs is 3. The lowest BCUT2D eigenvalue weighted by Gasteiger charge is -2.50. The molecular weight excluding hydrogens is 557 g/mol. The zero-order chi connectivity index (χ0) is 31.7. The average molecular weight is 594 g/mol. The third-order valence-electron chi connectivity index (χ3n) is 9.26. The predicted molar refractivity (Wildman–Crippen MR) is 156 cm³/mol. The Balaban J connectivity index is 1.68. The lowest BCUT2D eigenvalue weighted by atomic mass is 9.57. The molecule has 0 unspecified atom stereocenters. The van der Waals surface area contributed by atoms with E-state index < -0.39 is 58.0 Å². The highest BCUT2D eigenvalue weighted by atomic mass is 19.1. The van der Waals surface area contributed by atoms with E-state index in [1.54, 1.807) is 32.3 Å². The second-order valence-corrected chi connectivity index (χ2v) is 12.3. The van der Waals surface area contributed by atoms with Crippen molar-refractivity contribution in [3.8, 4) is 16.9 Å². The number of amides is 1. The molecule has 4 atom stereocenters. The molecule has 1 saturated carbocycles. The normalized spacial score (nSPS) is 25.4. The minimum atomic E-state index is -2.70. The fourth-order valence-corrected chi connectivity index (χ4v) is 6.83. The van der Waals surface area contributed by atoms with Crippen molar-refractivity contribution in [2.24, 2.45) is 17.6 Å². The number of phenolic OH excluding ortho intramolecular Hbond substituents is 1. The van der Waals surface area contributed by atoms with Crippen molar-refractivity contribution in [1.82, 2.24) is 9.80 Å². The molecule has 6 N–H and O–H groups in total. The fraction of sp³-hybridized carbons (Fsp3) is 0.406. The van der Waals surface area contributed by atoms with Gasteiger partial charge in [0.25, 0.3) is 5.91 Å². The third-order valence-corrected chi connectivity index (χ3v) is 9.26. The number of rotatable bonds is 6. The number of carbonyl (C=O) groups excluding carboxylic acids is 3. The van der Waals surface area contributed by atoms with E-state index in [9.17, 15) is 39.2 Å². The Morgan fingerprint density at radius 3 is 2.40 bits per heavy atom. The van der Waals surface area contributed by atoms with Gasteiger partial charge in [-0.25, -0.2) is 4.39 Å². The van der Waals surface area contributed by atoms with Crippen LogP contribution in [0.3, 0.4) is 0 Å². The van der Waals surface area contributed by atoms with Crippen LogP contribution in [-0.2, 0) is 27.3 Å². The average Bonchev–Trinajstić information content (AvgIpc) is 2.91.